The molecular formula is C20H19F2N3O7S. The van der Waals surface area contributed by atoms with Crippen LogP contribution in [0.5, 0.6) is 5.75 Å². The number of nitrogens with zero attached hydrogens (tertiary/aromatic N) is 2. The van der Waals surface area contributed by atoms with Crippen molar-refractivity contribution in [3.8, 4) is 5.75 Å². The number of sulfonamides is 1. The van der Waals surface area contributed by atoms with Crippen molar-refractivity contribution in [2.75, 3.05) is 31.6 Å². The zero-order valence-corrected chi connectivity index (χ0v) is 17.8. The van der Waals surface area contributed by atoms with Crippen molar-refractivity contribution in [2.45, 2.75) is 11.5 Å². The molecule has 176 valence electrons. The predicted octanol–water partition coefficient (Wildman–Crippen LogP) is 2.87. The molecule has 2 aromatic carbocycles. The van der Waals surface area contributed by atoms with Crippen molar-refractivity contribution in [1.82, 2.24) is 4.31 Å². The van der Waals surface area contributed by atoms with Gasteiger partial charge in [0.2, 0.25) is 15.9 Å². The third-order valence-electron chi connectivity index (χ3n) is 4.54. The van der Waals surface area contributed by atoms with Crippen LogP contribution in [-0.2, 0) is 19.6 Å². The Bertz CT molecular complexity index is 1170. The fourth-order valence-corrected chi connectivity index (χ4v) is 4.46. The number of halogens is 2. The molecule has 13 heteroatoms. The van der Waals surface area contributed by atoms with E-state index in [1.807, 2.05) is 0 Å². The van der Waals surface area contributed by atoms with Crippen molar-refractivity contribution in [3.05, 3.63) is 64.2 Å². The molecule has 1 amide bonds. The molecule has 1 saturated heterocycles. The monoisotopic (exact) mass is 483 g/mol. The highest BCUT2D eigenvalue weighted by molar-refractivity contribution is 7.89. The van der Waals surface area contributed by atoms with Crippen molar-refractivity contribution < 1.29 is 36.4 Å². The zero-order chi connectivity index (χ0) is 24.0. The largest absolute Gasteiger partial charge is 0.434 e. The van der Waals surface area contributed by atoms with Crippen LogP contribution >= 0.6 is 0 Å². The van der Waals surface area contributed by atoms with Crippen LogP contribution in [0.25, 0.3) is 6.08 Å². The van der Waals surface area contributed by atoms with E-state index in [1.54, 1.807) is 0 Å². The van der Waals surface area contributed by atoms with Gasteiger partial charge in [-0.05, 0) is 30.3 Å². The summed E-state index contributed by atoms with van der Waals surface area (Å²) >= 11 is 0. The number of anilines is 1. The number of rotatable bonds is 8. The summed E-state index contributed by atoms with van der Waals surface area (Å²) in [7, 11) is -3.77. The zero-order valence-electron chi connectivity index (χ0n) is 17.0. The van der Waals surface area contributed by atoms with E-state index in [0.29, 0.717) is 0 Å². The molecule has 0 aliphatic carbocycles. The smallest absolute Gasteiger partial charge is 0.387 e. The van der Waals surface area contributed by atoms with E-state index in [2.05, 4.69) is 10.1 Å². The quantitative estimate of drug-likeness (QED) is 0.347. The second kappa shape index (κ2) is 10.5. The van der Waals surface area contributed by atoms with Gasteiger partial charge < -0.3 is 14.8 Å². The summed E-state index contributed by atoms with van der Waals surface area (Å²) in [6, 6.07) is 8.60. The number of carbonyl (C=O) groups is 1. The van der Waals surface area contributed by atoms with Gasteiger partial charge in [0.15, 0.2) is 0 Å². The lowest BCUT2D eigenvalue weighted by Crippen LogP contribution is -2.40. The molecule has 1 N–H and O–H groups in total. The number of nitro benzene ring substituents is 1. The van der Waals surface area contributed by atoms with E-state index in [0.717, 1.165) is 30.4 Å². The number of non-ortho nitro benzene ring substituents is 1. The second-order valence-electron chi connectivity index (χ2n) is 6.72. The lowest BCUT2D eigenvalue weighted by atomic mass is 10.1. The van der Waals surface area contributed by atoms with E-state index in [1.165, 1.54) is 28.6 Å². The number of benzene rings is 2. The lowest BCUT2D eigenvalue weighted by molar-refractivity contribution is -0.384. The SMILES string of the molecule is O=C(C=Cc1cc([N+](=O)[O-])ccc1OC(F)F)Nc1cccc(S(=O)(=O)N2CCOCC2)c1. The highest BCUT2D eigenvalue weighted by atomic mass is 32.2. The first-order chi connectivity index (χ1) is 15.7. The topological polar surface area (TPSA) is 128 Å². The molecular weight excluding hydrogens is 464 g/mol. The Labute approximate surface area is 187 Å². The number of hydrogen-bond donors (Lipinski definition) is 1. The Morgan fingerprint density at radius 2 is 1.94 bits per heavy atom. The Kier molecular flexibility index (Phi) is 7.68. The molecule has 1 fully saturated rings. The Hall–Kier alpha value is -3.42. The first-order valence-corrected chi connectivity index (χ1v) is 11.0. The van der Waals surface area contributed by atoms with Gasteiger partial charge in [0, 0.05) is 42.5 Å². The number of hydrogen-bond acceptors (Lipinski definition) is 7. The predicted molar refractivity (Wildman–Crippen MR) is 113 cm³/mol. The first kappa shape index (κ1) is 24.2. The van der Waals surface area contributed by atoms with Gasteiger partial charge in [0.25, 0.3) is 5.69 Å². The van der Waals surface area contributed by atoms with Gasteiger partial charge in [-0.2, -0.15) is 13.1 Å². The molecule has 3 rings (SSSR count). The third-order valence-corrected chi connectivity index (χ3v) is 6.44. The molecule has 0 aromatic heterocycles. The molecule has 0 unspecified atom stereocenters. The van der Waals surface area contributed by atoms with Crippen molar-refractivity contribution in [2.24, 2.45) is 0 Å². The number of amides is 1. The lowest BCUT2D eigenvalue weighted by Gasteiger charge is -2.26. The van der Waals surface area contributed by atoms with Crippen LogP contribution in [0.1, 0.15) is 5.56 Å². The highest BCUT2D eigenvalue weighted by Gasteiger charge is 2.26. The van der Waals surface area contributed by atoms with Crippen molar-refractivity contribution in [1.29, 1.82) is 0 Å². The molecule has 2 aromatic rings. The summed E-state index contributed by atoms with van der Waals surface area (Å²) < 4.78 is 61.5. The standard InChI is InChI=1S/C20H19F2N3O7S/c21-20(22)32-18-6-5-16(25(27)28)12-14(18)4-7-19(26)23-15-2-1-3-17(13-15)33(29,30)24-8-10-31-11-9-24/h1-7,12-13,20H,8-11H2,(H,23,26). The average molecular weight is 483 g/mol. The number of morpholine rings is 1. The summed E-state index contributed by atoms with van der Waals surface area (Å²) in [6.07, 6.45) is 2.04. The Morgan fingerprint density at radius 1 is 1.21 bits per heavy atom. The number of alkyl halides is 2. The highest BCUT2D eigenvalue weighted by Crippen LogP contribution is 2.27. The number of ether oxygens (including phenoxy) is 2. The van der Waals surface area contributed by atoms with E-state index >= 15 is 0 Å². The molecule has 1 aliphatic heterocycles. The molecule has 0 saturated carbocycles. The molecule has 1 heterocycles. The number of nitro groups is 1. The maximum absolute atomic E-state index is 12.8. The minimum absolute atomic E-state index is 0.0162. The van der Waals surface area contributed by atoms with Crippen LogP contribution in [0, 0.1) is 10.1 Å². The maximum atomic E-state index is 12.8. The summed E-state index contributed by atoms with van der Waals surface area (Å²) in [5.41, 5.74) is -0.303. The molecule has 10 nitrogen and oxygen atoms in total. The molecule has 0 radical (unpaired) electrons. The second-order valence-corrected chi connectivity index (χ2v) is 8.66. The molecule has 0 bridgehead atoms. The van der Waals surface area contributed by atoms with Crippen LogP contribution in [0.3, 0.4) is 0 Å². The van der Waals surface area contributed by atoms with Crippen molar-refractivity contribution in [3.63, 3.8) is 0 Å². The van der Waals surface area contributed by atoms with Crippen LogP contribution < -0.4 is 10.1 Å². The molecule has 0 atom stereocenters. The summed E-state index contributed by atoms with van der Waals surface area (Å²) in [5.74, 6) is -1.07. The van der Waals surface area contributed by atoms with Gasteiger partial charge in [-0.3, -0.25) is 14.9 Å². The Morgan fingerprint density at radius 3 is 2.61 bits per heavy atom. The number of nitrogens with one attached hydrogen (secondary N) is 1. The third kappa shape index (κ3) is 6.31. The van der Waals surface area contributed by atoms with Gasteiger partial charge in [-0.1, -0.05) is 6.07 Å². The van der Waals surface area contributed by atoms with Gasteiger partial charge in [0.1, 0.15) is 5.75 Å². The van der Waals surface area contributed by atoms with Crippen LogP contribution in [0.15, 0.2) is 53.4 Å². The first-order valence-electron chi connectivity index (χ1n) is 9.57. The van der Waals surface area contributed by atoms with Crippen LogP contribution in [0.2, 0.25) is 0 Å². The van der Waals surface area contributed by atoms with Gasteiger partial charge in [-0.15, -0.1) is 0 Å². The van der Waals surface area contributed by atoms with Crippen molar-refractivity contribution >= 4 is 33.4 Å². The van der Waals surface area contributed by atoms with E-state index in [-0.39, 0.29) is 53.9 Å². The number of carbonyl (C=O) groups excluding carboxylic acids is 1. The minimum Gasteiger partial charge on any atom is -0.434 e. The van der Waals surface area contributed by atoms with Crippen LogP contribution in [0.4, 0.5) is 20.2 Å². The van der Waals surface area contributed by atoms with E-state index in [9.17, 15) is 32.1 Å². The van der Waals surface area contributed by atoms with E-state index in [4.69, 9.17) is 4.74 Å². The fraction of sp³-hybridized carbons (Fsp3) is 0.250. The maximum Gasteiger partial charge on any atom is 0.387 e. The normalized spacial score (nSPS) is 15.0. The van der Waals surface area contributed by atoms with Gasteiger partial charge in [0.05, 0.1) is 23.0 Å². The minimum atomic E-state index is -3.77. The van der Waals surface area contributed by atoms with E-state index < -0.39 is 27.5 Å². The summed E-state index contributed by atoms with van der Waals surface area (Å²) in [5, 5.41) is 13.4. The summed E-state index contributed by atoms with van der Waals surface area (Å²) in [6.45, 7) is -2.16. The Balaban J connectivity index is 1.77. The fourth-order valence-electron chi connectivity index (χ4n) is 3.00. The van der Waals surface area contributed by atoms with Gasteiger partial charge in [-0.25, -0.2) is 8.42 Å². The average Bonchev–Trinajstić information content (AvgIpc) is 2.78. The summed E-state index contributed by atoms with van der Waals surface area (Å²) in [4.78, 5) is 22.5. The molecule has 33 heavy (non-hydrogen) atoms. The molecule has 1 aliphatic rings. The van der Waals surface area contributed by atoms with Gasteiger partial charge >= 0.3 is 6.61 Å². The van der Waals surface area contributed by atoms with Crippen LogP contribution in [-0.4, -0.2) is 56.5 Å². The molecule has 0 spiro atoms.